The van der Waals surface area contributed by atoms with E-state index in [1.807, 2.05) is 17.9 Å². The Morgan fingerprint density at radius 3 is 2.55 bits per heavy atom. The van der Waals surface area contributed by atoms with E-state index in [2.05, 4.69) is 41.0 Å². The average molecular weight is 303 g/mol. The quantitative estimate of drug-likeness (QED) is 0.919. The zero-order valence-corrected chi connectivity index (χ0v) is 13.9. The summed E-state index contributed by atoms with van der Waals surface area (Å²) in [5, 5.41) is 8.72. The first-order valence-electron chi connectivity index (χ1n) is 8.02. The molecule has 1 N–H and O–H groups in total. The van der Waals surface area contributed by atoms with Gasteiger partial charge in [0.05, 0.1) is 11.6 Å². The van der Waals surface area contributed by atoms with Crippen LogP contribution in [0, 0.1) is 0 Å². The molecular formula is C15H25N7. The van der Waals surface area contributed by atoms with Gasteiger partial charge in [-0.3, -0.25) is 4.68 Å². The van der Waals surface area contributed by atoms with E-state index in [1.54, 1.807) is 0 Å². The molecule has 0 atom stereocenters. The van der Waals surface area contributed by atoms with Crippen LogP contribution in [0.25, 0.3) is 11.0 Å². The fraction of sp³-hybridized carbons (Fsp3) is 0.667. The normalized spacial score (nSPS) is 16.7. The molecule has 2 aromatic heterocycles. The fourth-order valence-corrected chi connectivity index (χ4v) is 2.80. The number of rotatable bonds is 4. The van der Waals surface area contributed by atoms with Crippen LogP contribution in [0.4, 0.5) is 11.8 Å². The van der Waals surface area contributed by atoms with E-state index in [0.29, 0.717) is 6.04 Å². The smallest absolute Gasteiger partial charge is 0.229 e. The molecule has 0 aromatic carbocycles. The molecule has 0 aliphatic carbocycles. The standard InChI is InChI=1S/C15H25N7/c1-5-21-6-8-22(9-7-21)15-18-13(17-11(2)3)12-10-16-20(4)14(12)19-15/h10-11H,5-9H2,1-4H3,(H,17,18,19). The Balaban J connectivity index is 1.94. The molecule has 7 heteroatoms. The second kappa shape index (κ2) is 6.08. The van der Waals surface area contributed by atoms with Crippen molar-refractivity contribution in [2.24, 2.45) is 7.05 Å². The van der Waals surface area contributed by atoms with E-state index in [9.17, 15) is 0 Å². The summed E-state index contributed by atoms with van der Waals surface area (Å²) in [6, 6.07) is 0.322. The highest BCUT2D eigenvalue weighted by Gasteiger charge is 2.20. The van der Waals surface area contributed by atoms with Crippen molar-refractivity contribution in [2.75, 3.05) is 42.9 Å². The summed E-state index contributed by atoms with van der Waals surface area (Å²) in [7, 11) is 1.92. The largest absolute Gasteiger partial charge is 0.367 e. The third kappa shape index (κ3) is 2.85. The molecular weight excluding hydrogens is 278 g/mol. The van der Waals surface area contributed by atoms with E-state index >= 15 is 0 Å². The van der Waals surface area contributed by atoms with E-state index in [-0.39, 0.29) is 0 Å². The number of piperazine rings is 1. The van der Waals surface area contributed by atoms with Crippen LogP contribution < -0.4 is 10.2 Å². The molecule has 120 valence electrons. The van der Waals surface area contributed by atoms with Crippen LogP contribution in [0.15, 0.2) is 6.20 Å². The molecule has 0 radical (unpaired) electrons. The number of nitrogens with one attached hydrogen (secondary N) is 1. The highest BCUT2D eigenvalue weighted by atomic mass is 15.4. The van der Waals surface area contributed by atoms with Gasteiger partial charge in [-0.1, -0.05) is 6.92 Å². The molecule has 1 aliphatic rings. The topological polar surface area (TPSA) is 62.1 Å². The van der Waals surface area contributed by atoms with Gasteiger partial charge in [-0.25, -0.2) is 0 Å². The zero-order chi connectivity index (χ0) is 15.7. The molecule has 7 nitrogen and oxygen atoms in total. The van der Waals surface area contributed by atoms with Crippen LogP contribution in [-0.2, 0) is 7.05 Å². The number of nitrogens with zero attached hydrogens (tertiary/aromatic N) is 6. The van der Waals surface area contributed by atoms with Gasteiger partial charge in [0.25, 0.3) is 0 Å². The minimum Gasteiger partial charge on any atom is -0.367 e. The van der Waals surface area contributed by atoms with Gasteiger partial charge in [-0.05, 0) is 20.4 Å². The van der Waals surface area contributed by atoms with Crippen LogP contribution in [0.5, 0.6) is 0 Å². The molecule has 0 amide bonds. The molecule has 0 bridgehead atoms. The first kappa shape index (κ1) is 15.0. The molecule has 0 saturated carbocycles. The molecule has 2 aromatic rings. The maximum Gasteiger partial charge on any atom is 0.229 e. The zero-order valence-electron chi connectivity index (χ0n) is 13.9. The van der Waals surface area contributed by atoms with Crippen molar-refractivity contribution in [3.63, 3.8) is 0 Å². The van der Waals surface area contributed by atoms with Gasteiger partial charge in [0.2, 0.25) is 5.95 Å². The van der Waals surface area contributed by atoms with Crippen molar-refractivity contribution in [3.05, 3.63) is 6.20 Å². The average Bonchev–Trinajstić information content (AvgIpc) is 2.89. The lowest BCUT2D eigenvalue weighted by Crippen LogP contribution is -2.46. The van der Waals surface area contributed by atoms with E-state index in [1.165, 1.54) is 0 Å². The minimum absolute atomic E-state index is 0.322. The van der Waals surface area contributed by atoms with Gasteiger partial charge in [-0.2, -0.15) is 15.1 Å². The minimum atomic E-state index is 0.322. The van der Waals surface area contributed by atoms with Crippen LogP contribution in [-0.4, -0.2) is 63.4 Å². The molecule has 1 saturated heterocycles. The molecule has 0 spiro atoms. The summed E-state index contributed by atoms with van der Waals surface area (Å²) < 4.78 is 1.81. The van der Waals surface area contributed by atoms with Gasteiger partial charge in [0, 0.05) is 39.3 Å². The maximum absolute atomic E-state index is 4.76. The van der Waals surface area contributed by atoms with Crippen molar-refractivity contribution >= 4 is 22.8 Å². The van der Waals surface area contributed by atoms with Crippen LogP contribution in [0.1, 0.15) is 20.8 Å². The Bertz CT molecular complexity index is 641. The molecule has 3 heterocycles. The van der Waals surface area contributed by atoms with E-state index in [0.717, 1.165) is 55.5 Å². The van der Waals surface area contributed by atoms with Gasteiger partial charge < -0.3 is 15.1 Å². The number of aryl methyl sites for hydroxylation is 1. The Labute approximate surface area is 131 Å². The first-order valence-corrected chi connectivity index (χ1v) is 8.02. The van der Waals surface area contributed by atoms with Gasteiger partial charge in [-0.15, -0.1) is 0 Å². The first-order chi connectivity index (χ1) is 10.6. The van der Waals surface area contributed by atoms with Gasteiger partial charge >= 0.3 is 0 Å². The predicted molar refractivity (Wildman–Crippen MR) is 89.4 cm³/mol. The number of anilines is 2. The lowest BCUT2D eigenvalue weighted by molar-refractivity contribution is 0.270. The van der Waals surface area contributed by atoms with Crippen LogP contribution in [0.2, 0.25) is 0 Å². The predicted octanol–water partition coefficient (Wildman–Crippen LogP) is 1.33. The molecule has 3 rings (SSSR count). The second-order valence-corrected chi connectivity index (χ2v) is 6.10. The Kier molecular flexibility index (Phi) is 4.15. The van der Waals surface area contributed by atoms with Crippen LogP contribution in [0.3, 0.4) is 0 Å². The number of fused-ring (bicyclic) bond motifs is 1. The van der Waals surface area contributed by atoms with E-state index in [4.69, 9.17) is 9.97 Å². The summed E-state index contributed by atoms with van der Waals surface area (Å²) in [5.74, 6) is 1.68. The van der Waals surface area contributed by atoms with Crippen molar-refractivity contribution in [2.45, 2.75) is 26.8 Å². The van der Waals surface area contributed by atoms with Gasteiger partial charge in [0.1, 0.15) is 5.82 Å². The summed E-state index contributed by atoms with van der Waals surface area (Å²) >= 11 is 0. The lowest BCUT2D eigenvalue weighted by Gasteiger charge is -2.34. The summed E-state index contributed by atoms with van der Waals surface area (Å²) in [4.78, 5) is 14.2. The monoisotopic (exact) mass is 303 g/mol. The lowest BCUT2D eigenvalue weighted by atomic mass is 10.3. The highest BCUT2D eigenvalue weighted by molar-refractivity contribution is 5.87. The number of aromatic nitrogens is 4. The Morgan fingerprint density at radius 2 is 1.91 bits per heavy atom. The SMILES string of the molecule is CCN1CCN(c2nc(NC(C)C)c3cnn(C)c3n2)CC1. The van der Waals surface area contributed by atoms with Crippen molar-refractivity contribution in [1.82, 2.24) is 24.6 Å². The van der Waals surface area contributed by atoms with Crippen molar-refractivity contribution in [1.29, 1.82) is 0 Å². The number of likely N-dealkylation sites (N-methyl/N-ethyl adjacent to an activating group) is 1. The fourth-order valence-electron chi connectivity index (χ4n) is 2.80. The summed E-state index contributed by atoms with van der Waals surface area (Å²) in [6.45, 7) is 11.6. The van der Waals surface area contributed by atoms with Crippen molar-refractivity contribution < 1.29 is 0 Å². The number of hydrogen-bond donors (Lipinski definition) is 1. The molecule has 22 heavy (non-hydrogen) atoms. The van der Waals surface area contributed by atoms with Crippen LogP contribution >= 0.6 is 0 Å². The number of hydrogen-bond acceptors (Lipinski definition) is 6. The highest BCUT2D eigenvalue weighted by Crippen LogP contribution is 2.24. The maximum atomic E-state index is 4.76. The van der Waals surface area contributed by atoms with E-state index < -0.39 is 0 Å². The summed E-state index contributed by atoms with van der Waals surface area (Å²) in [6.07, 6.45) is 1.83. The molecule has 1 aliphatic heterocycles. The third-order valence-corrected chi connectivity index (χ3v) is 4.11. The Morgan fingerprint density at radius 1 is 1.18 bits per heavy atom. The third-order valence-electron chi connectivity index (χ3n) is 4.11. The molecule has 1 fully saturated rings. The second-order valence-electron chi connectivity index (χ2n) is 6.10. The Hall–Kier alpha value is -1.89. The molecule has 0 unspecified atom stereocenters. The summed E-state index contributed by atoms with van der Waals surface area (Å²) in [5.41, 5.74) is 0.881. The van der Waals surface area contributed by atoms with Gasteiger partial charge in [0.15, 0.2) is 5.65 Å². The van der Waals surface area contributed by atoms with Crippen molar-refractivity contribution in [3.8, 4) is 0 Å².